The molecule has 118 heavy (non-hydrogen) atoms. The van der Waals surface area contributed by atoms with Gasteiger partial charge in [-0.2, -0.15) is 11.8 Å². The molecular formula is C81H99Cl2N11O23S. The van der Waals surface area contributed by atoms with E-state index in [2.05, 4.69) is 54.7 Å². The number of phenols is 3. The zero-order chi connectivity index (χ0) is 85.3. The molecular weight excluding hydrogens is 1600 g/mol. The van der Waals surface area contributed by atoms with Gasteiger partial charge in [-0.1, -0.05) is 98.4 Å². The molecule has 2 saturated heterocycles. The van der Waals surface area contributed by atoms with Crippen LogP contribution in [0.1, 0.15) is 142 Å². The summed E-state index contributed by atoms with van der Waals surface area (Å²) in [5.74, 6) is -14.2. The molecule has 7 aliphatic rings. The molecule has 18 atom stereocenters. The molecule has 0 unspecified atom stereocenters. The van der Waals surface area contributed by atoms with Crippen molar-refractivity contribution in [3.63, 3.8) is 0 Å². The topological polar surface area (TPSA) is 548 Å². The Balaban J connectivity index is 1.08. The smallest absolute Gasteiger partial charge is 0.330 e. The van der Waals surface area contributed by atoms with Crippen LogP contribution in [-0.4, -0.2) is 204 Å². The number of hydrogen-bond donors (Lipinski definition) is 20. The van der Waals surface area contributed by atoms with Crippen LogP contribution in [0.2, 0.25) is 10.0 Å². The van der Waals surface area contributed by atoms with Crippen LogP contribution in [0, 0.1) is 5.92 Å². The Hall–Kier alpha value is -9.67. The molecule has 34 nitrogen and oxygen atoms in total. The molecule has 2 fully saturated rings. The fourth-order valence-corrected chi connectivity index (χ4v) is 16.1. The molecule has 13 rings (SSSR count). The summed E-state index contributed by atoms with van der Waals surface area (Å²) >= 11 is 16.0. The first-order chi connectivity index (χ1) is 56.1. The van der Waals surface area contributed by atoms with E-state index < -0.39 is 231 Å². The van der Waals surface area contributed by atoms with Gasteiger partial charge in [0.25, 0.3) is 0 Å². The van der Waals surface area contributed by atoms with Gasteiger partial charge in [-0.05, 0) is 141 Å². The molecule has 7 aliphatic heterocycles. The molecule has 11 bridgehead atoms. The first-order valence-corrected chi connectivity index (χ1v) is 40.4. The third kappa shape index (κ3) is 20.8. The molecule has 0 aliphatic carbocycles. The number of unbranched alkanes of at least 4 members (excludes halogenated alkanes) is 3. The first kappa shape index (κ1) is 89.1. The van der Waals surface area contributed by atoms with Crippen LogP contribution in [0.25, 0.3) is 11.1 Å². The van der Waals surface area contributed by atoms with Crippen molar-refractivity contribution in [2.45, 2.75) is 195 Å². The molecule has 7 amide bonds. The Kier molecular flexibility index (Phi) is 29.5. The minimum atomic E-state index is -2.35. The van der Waals surface area contributed by atoms with E-state index in [9.17, 15) is 60.3 Å². The Labute approximate surface area is 692 Å². The average molecular weight is 1700 g/mol. The van der Waals surface area contributed by atoms with Crippen molar-refractivity contribution in [3.8, 4) is 57.1 Å². The average Bonchev–Trinajstić information content (AvgIpc) is 0.761. The van der Waals surface area contributed by atoms with Gasteiger partial charge in [-0.25, -0.2) is 4.79 Å². The largest absolute Gasteiger partial charge is 0.507 e. The Bertz CT molecular complexity index is 4690. The highest BCUT2D eigenvalue weighted by atomic mass is 35.5. The molecule has 7 heterocycles. The van der Waals surface area contributed by atoms with E-state index in [0.717, 1.165) is 92.5 Å². The van der Waals surface area contributed by atoms with Gasteiger partial charge in [0.15, 0.2) is 29.9 Å². The number of aliphatic hydroxyl groups excluding tert-OH is 5. The van der Waals surface area contributed by atoms with Crippen LogP contribution >= 0.6 is 35.0 Å². The summed E-state index contributed by atoms with van der Waals surface area (Å²) < 4.78 is 38.9. The number of rotatable bonds is 25. The number of primary amides is 1. The standard InChI is InChI=1S/C81H99Cl2N11O23S/c1-36(2)25-48(87-5)73(104)93-63-65(98)40-17-20-52(46(82)27-40)113-54-29-42-30-55(70(54)117-80-71(69(102)68(101)56(34-84)115-80)116-58-33-81(4,86)72(103)37(3)112-58)114-53-21-18-41(28-47(53)83)66(99)64-78(109)92-62(79(110)111)44-31-51(96)45(35-88-22-24-118-23-12-7-6-9-13-38-14-10-8-11-15-38)67(100)59(44)43-26-39(16-19-50(43)95)60(75(106)94-64)91-76(107)61(42)90-74(105)49(32-57(85)97)89-77(63)108/h8,10-11,14-21,26-31,36-37,48-49,56,58,60-66,68-69,71-72,80,87-88,95-96,98-103H,6-7,9,12-13,22-25,32-35,84,86H2,1-5H3,(H2,85,97)(H,89,108)(H,90,105)(H,91,107)(H,92,109)(H,93,104)(H,94,106)(H,110,111)/t37-,48+,49-,56+,58-,60+,61+,62-,63+,64-,65+,66+,68+,69-,71+,72+,80-,81-/m0/s1. The number of aryl methyl sites for hydroxylation is 1. The number of likely N-dealkylation sites (N-methyl/N-ethyl adjacent to an activating group) is 1. The number of aromatic hydroxyl groups is 3. The molecule has 6 aromatic carbocycles. The number of carbonyl (C=O) groups excluding carboxylic acids is 7. The maximum Gasteiger partial charge on any atom is 0.330 e. The minimum absolute atomic E-state index is 0.0998. The number of nitrogens with two attached hydrogens (primary N) is 3. The van der Waals surface area contributed by atoms with E-state index in [0.29, 0.717) is 12.3 Å². The number of amides is 7. The number of carboxylic acid groups (broad SMARTS) is 1. The zero-order valence-electron chi connectivity index (χ0n) is 65.0. The summed E-state index contributed by atoms with van der Waals surface area (Å²) in [7, 11) is 1.48. The molecule has 0 saturated carbocycles. The van der Waals surface area contributed by atoms with Crippen molar-refractivity contribution in [1.82, 2.24) is 42.5 Å². The van der Waals surface area contributed by atoms with Crippen LogP contribution in [0.15, 0.2) is 103 Å². The number of carboxylic acids is 1. The third-order valence-corrected chi connectivity index (χ3v) is 22.8. The van der Waals surface area contributed by atoms with Crippen molar-refractivity contribution in [2.75, 3.05) is 31.6 Å². The SMILES string of the molecule is CN[C@H](CC(C)C)C(=O)N[C@H]1C(=O)N[C@@H](CC(N)=O)C(=O)N[C@H]2C(=O)N[C@H]3C(=O)N[C@H](C(=O)N[C@H](C(=O)O)c4cc(O)c(CNCCSCCCCCCc5ccccc5)c(O)c4-c4cc3ccc4O)[C@H](O)c3ccc(c(Cl)c3)Oc3cc2cc(c3O[C@@H]2O[C@H](CN)[C@@H](O)[C@H](O)[C@H]2O[C@H]2C[C@](C)(N)[C@H](O)[C@H](C)O2)Oc2ccc(cc2Cl)[C@H]1O. The molecule has 0 radical (unpaired) electrons. The molecule has 0 aromatic heterocycles. The first-order valence-electron chi connectivity index (χ1n) is 38.5. The number of phenolic OH excluding ortho intramolecular Hbond substituents is 3. The van der Waals surface area contributed by atoms with Crippen molar-refractivity contribution in [3.05, 3.63) is 152 Å². The summed E-state index contributed by atoms with van der Waals surface area (Å²) in [5.41, 5.74) is 15.5. The van der Waals surface area contributed by atoms with Crippen LogP contribution in [0.4, 0.5) is 0 Å². The quantitative estimate of drug-likeness (QED) is 0.0363. The van der Waals surface area contributed by atoms with Gasteiger partial charge in [0.2, 0.25) is 53.4 Å². The van der Waals surface area contributed by atoms with Gasteiger partial charge < -0.3 is 134 Å². The fourth-order valence-electron chi connectivity index (χ4n) is 14.8. The lowest BCUT2D eigenvalue weighted by atomic mass is 9.86. The number of nitrogens with one attached hydrogen (secondary N) is 8. The van der Waals surface area contributed by atoms with Gasteiger partial charge in [-0.3, -0.25) is 33.6 Å². The lowest BCUT2D eigenvalue weighted by Gasteiger charge is -2.47. The summed E-state index contributed by atoms with van der Waals surface area (Å²) in [5, 5.41) is 127. The predicted molar refractivity (Wildman–Crippen MR) is 429 cm³/mol. The maximum atomic E-state index is 16.3. The van der Waals surface area contributed by atoms with E-state index >= 15 is 24.0 Å². The fraction of sp³-hybridized carbons (Fsp3) is 0.457. The van der Waals surface area contributed by atoms with Crippen LogP contribution in [-0.2, 0) is 65.5 Å². The summed E-state index contributed by atoms with van der Waals surface area (Å²) in [4.78, 5) is 119. The van der Waals surface area contributed by atoms with Crippen molar-refractivity contribution in [2.24, 2.45) is 23.1 Å². The van der Waals surface area contributed by atoms with E-state index in [4.69, 9.17) is 68.8 Å². The number of hydrogen-bond acceptors (Lipinski definition) is 27. The lowest BCUT2D eigenvalue weighted by Crippen LogP contribution is -2.65. The second-order valence-corrected chi connectivity index (χ2v) is 32.5. The second kappa shape index (κ2) is 39.0. The zero-order valence-corrected chi connectivity index (χ0v) is 67.4. The summed E-state index contributed by atoms with van der Waals surface area (Å²) in [6.07, 6.45) is -12.9. The number of ether oxygens (including phenoxy) is 6. The van der Waals surface area contributed by atoms with Crippen LogP contribution in [0.3, 0.4) is 0 Å². The normalized spacial score (nSPS) is 26.9. The highest BCUT2D eigenvalue weighted by Crippen LogP contribution is 2.51. The Morgan fingerprint density at radius 3 is 1.97 bits per heavy atom. The van der Waals surface area contributed by atoms with Crippen LogP contribution in [0.5, 0.6) is 46.0 Å². The van der Waals surface area contributed by atoms with Crippen molar-refractivity contribution in [1.29, 1.82) is 0 Å². The number of benzene rings is 6. The summed E-state index contributed by atoms with van der Waals surface area (Å²) in [6, 6.07) is 9.18. The highest BCUT2D eigenvalue weighted by molar-refractivity contribution is 7.99. The molecule has 6 aromatic rings. The van der Waals surface area contributed by atoms with E-state index in [1.165, 1.54) is 44.7 Å². The Morgan fingerprint density at radius 2 is 1.34 bits per heavy atom. The monoisotopic (exact) mass is 1700 g/mol. The predicted octanol–water partition coefficient (Wildman–Crippen LogP) is 3.70. The van der Waals surface area contributed by atoms with Gasteiger partial charge in [-0.15, -0.1) is 0 Å². The van der Waals surface area contributed by atoms with Gasteiger partial charge in [0.1, 0.15) is 89.5 Å². The van der Waals surface area contributed by atoms with E-state index in [-0.39, 0.29) is 64.1 Å². The molecule has 0 spiro atoms. The van der Waals surface area contributed by atoms with E-state index in [1.54, 1.807) is 11.8 Å². The number of fused-ring (bicyclic) bond motifs is 15. The van der Waals surface area contributed by atoms with Gasteiger partial charge in [0, 0.05) is 54.0 Å². The second-order valence-electron chi connectivity index (χ2n) is 30.5. The third-order valence-electron chi connectivity index (χ3n) is 21.2. The van der Waals surface area contributed by atoms with Gasteiger partial charge >= 0.3 is 5.97 Å². The Morgan fingerprint density at radius 1 is 0.703 bits per heavy atom. The summed E-state index contributed by atoms with van der Waals surface area (Å²) in [6.45, 7) is 6.31. The number of aliphatic carboxylic acids is 1. The van der Waals surface area contributed by atoms with E-state index in [1.807, 2.05) is 32.0 Å². The number of carbonyl (C=O) groups is 8. The van der Waals surface area contributed by atoms with Crippen LogP contribution < -0.4 is 73.9 Å². The van der Waals surface area contributed by atoms with Crippen molar-refractivity contribution >= 4 is 82.3 Å². The minimum Gasteiger partial charge on any atom is -0.507 e. The van der Waals surface area contributed by atoms with Crippen molar-refractivity contribution < 1.29 is 113 Å². The molecule has 37 heteroatoms. The lowest BCUT2D eigenvalue weighted by molar-refractivity contribution is -0.330. The number of aliphatic hydroxyl groups is 5. The molecule has 636 valence electrons. The van der Waals surface area contributed by atoms with Gasteiger partial charge in [0.05, 0.1) is 40.3 Å². The number of halogens is 2. The number of thioether (sulfide) groups is 1. The maximum absolute atomic E-state index is 16.3. The highest BCUT2D eigenvalue weighted by Gasteiger charge is 2.52. The molecule has 23 N–H and O–H groups in total.